The van der Waals surface area contributed by atoms with Crippen LogP contribution in [0.25, 0.3) is 0 Å². The second-order valence-corrected chi connectivity index (χ2v) is 3.71. The molecule has 0 aromatic rings. The molecule has 0 saturated carbocycles. The molecule has 1 rings (SSSR count). The molecule has 1 amide bonds. The van der Waals surface area contributed by atoms with Crippen LogP contribution in [0.5, 0.6) is 0 Å². The van der Waals surface area contributed by atoms with Crippen LogP contribution in [0.2, 0.25) is 0 Å². The van der Waals surface area contributed by atoms with Gasteiger partial charge in [0.25, 0.3) is 0 Å². The van der Waals surface area contributed by atoms with E-state index >= 15 is 0 Å². The van der Waals surface area contributed by atoms with Crippen molar-refractivity contribution in [3.63, 3.8) is 0 Å². The van der Waals surface area contributed by atoms with Gasteiger partial charge in [0.15, 0.2) is 0 Å². The molecule has 3 nitrogen and oxygen atoms in total. The fraction of sp³-hybridized carbons (Fsp3) is 0.900. The number of nitrogens with zero attached hydrogens (tertiary/aromatic N) is 1. The second kappa shape index (κ2) is 5.22. The number of ether oxygens (including phenoxy) is 1. The standard InChI is InChI=1S/C10H19NO2/c1-3-10(12)11(2)7-9-5-4-6-13-8-9/h9H,3-8H2,1-2H3. The number of carbonyl (C=O) groups excluding carboxylic acids is 1. The quantitative estimate of drug-likeness (QED) is 0.663. The number of hydrogen-bond acceptors (Lipinski definition) is 2. The Morgan fingerprint density at radius 3 is 2.92 bits per heavy atom. The molecule has 0 aromatic heterocycles. The molecule has 1 unspecified atom stereocenters. The summed E-state index contributed by atoms with van der Waals surface area (Å²) < 4.78 is 5.36. The van der Waals surface area contributed by atoms with Crippen molar-refractivity contribution in [1.29, 1.82) is 0 Å². The SMILES string of the molecule is CCC(=O)N(C)CC1CCCOC1. The van der Waals surface area contributed by atoms with Gasteiger partial charge < -0.3 is 9.64 Å². The van der Waals surface area contributed by atoms with Gasteiger partial charge in [-0.05, 0) is 18.8 Å². The Morgan fingerprint density at radius 2 is 2.38 bits per heavy atom. The Labute approximate surface area is 80.1 Å². The van der Waals surface area contributed by atoms with E-state index in [9.17, 15) is 4.79 Å². The molecule has 76 valence electrons. The first kappa shape index (κ1) is 10.5. The van der Waals surface area contributed by atoms with E-state index in [4.69, 9.17) is 4.74 Å². The first-order valence-corrected chi connectivity index (χ1v) is 5.05. The smallest absolute Gasteiger partial charge is 0.222 e. The van der Waals surface area contributed by atoms with Crippen LogP contribution in [0.4, 0.5) is 0 Å². The van der Waals surface area contributed by atoms with Gasteiger partial charge in [-0.2, -0.15) is 0 Å². The largest absolute Gasteiger partial charge is 0.381 e. The Kier molecular flexibility index (Phi) is 4.22. The highest BCUT2D eigenvalue weighted by molar-refractivity contribution is 5.75. The van der Waals surface area contributed by atoms with E-state index in [-0.39, 0.29) is 5.91 Å². The minimum atomic E-state index is 0.227. The van der Waals surface area contributed by atoms with Gasteiger partial charge >= 0.3 is 0 Å². The lowest BCUT2D eigenvalue weighted by atomic mass is 10.0. The summed E-state index contributed by atoms with van der Waals surface area (Å²) in [6.45, 7) is 4.46. The highest BCUT2D eigenvalue weighted by Crippen LogP contribution is 2.14. The van der Waals surface area contributed by atoms with Crippen molar-refractivity contribution in [2.24, 2.45) is 5.92 Å². The van der Waals surface area contributed by atoms with Crippen molar-refractivity contribution in [2.75, 3.05) is 26.8 Å². The van der Waals surface area contributed by atoms with Gasteiger partial charge in [-0.1, -0.05) is 6.92 Å². The molecule has 1 heterocycles. The summed E-state index contributed by atoms with van der Waals surface area (Å²) in [7, 11) is 1.88. The van der Waals surface area contributed by atoms with Crippen molar-refractivity contribution >= 4 is 5.91 Å². The van der Waals surface area contributed by atoms with E-state index in [1.54, 1.807) is 0 Å². The van der Waals surface area contributed by atoms with Crippen LogP contribution in [0.3, 0.4) is 0 Å². The Bertz CT molecular complexity index is 164. The molecule has 0 aliphatic carbocycles. The molecule has 1 saturated heterocycles. The fourth-order valence-corrected chi connectivity index (χ4v) is 1.71. The average Bonchev–Trinajstić information content (AvgIpc) is 2.18. The Balaban J connectivity index is 2.25. The van der Waals surface area contributed by atoms with Gasteiger partial charge in [0, 0.05) is 26.6 Å². The molecule has 1 fully saturated rings. The van der Waals surface area contributed by atoms with E-state index in [2.05, 4.69) is 0 Å². The van der Waals surface area contributed by atoms with Crippen LogP contribution in [-0.2, 0) is 9.53 Å². The zero-order chi connectivity index (χ0) is 9.68. The topological polar surface area (TPSA) is 29.5 Å². The molecule has 0 aromatic carbocycles. The third-order valence-corrected chi connectivity index (χ3v) is 2.51. The first-order chi connectivity index (χ1) is 6.24. The number of hydrogen-bond donors (Lipinski definition) is 0. The molecule has 0 radical (unpaired) electrons. The summed E-state index contributed by atoms with van der Waals surface area (Å²) in [5.41, 5.74) is 0. The van der Waals surface area contributed by atoms with Crippen LogP contribution in [0.15, 0.2) is 0 Å². The minimum absolute atomic E-state index is 0.227. The van der Waals surface area contributed by atoms with E-state index in [1.165, 1.54) is 6.42 Å². The lowest BCUT2D eigenvalue weighted by Crippen LogP contribution is -2.34. The molecule has 1 aliphatic rings. The highest BCUT2D eigenvalue weighted by Gasteiger charge is 2.17. The summed E-state index contributed by atoms with van der Waals surface area (Å²) in [5, 5.41) is 0. The third-order valence-electron chi connectivity index (χ3n) is 2.51. The maximum atomic E-state index is 11.3. The number of amides is 1. The van der Waals surface area contributed by atoms with Gasteiger partial charge in [-0.25, -0.2) is 0 Å². The van der Waals surface area contributed by atoms with Gasteiger partial charge in [0.2, 0.25) is 5.91 Å². The zero-order valence-corrected chi connectivity index (χ0v) is 8.58. The molecule has 1 atom stereocenters. The number of rotatable bonds is 3. The molecule has 13 heavy (non-hydrogen) atoms. The lowest BCUT2D eigenvalue weighted by Gasteiger charge is -2.26. The van der Waals surface area contributed by atoms with Crippen molar-refractivity contribution in [2.45, 2.75) is 26.2 Å². The molecular formula is C10H19NO2. The van der Waals surface area contributed by atoms with Gasteiger partial charge in [-0.3, -0.25) is 4.79 Å². The summed E-state index contributed by atoms with van der Waals surface area (Å²) in [6.07, 6.45) is 2.93. The summed E-state index contributed by atoms with van der Waals surface area (Å²) >= 11 is 0. The fourth-order valence-electron chi connectivity index (χ4n) is 1.71. The van der Waals surface area contributed by atoms with Crippen molar-refractivity contribution in [1.82, 2.24) is 4.90 Å². The van der Waals surface area contributed by atoms with Crippen LogP contribution >= 0.6 is 0 Å². The van der Waals surface area contributed by atoms with Crippen molar-refractivity contribution < 1.29 is 9.53 Å². The minimum Gasteiger partial charge on any atom is -0.381 e. The Hall–Kier alpha value is -0.570. The first-order valence-electron chi connectivity index (χ1n) is 5.05. The monoisotopic (exact) mass is 185 g/mol. The lowest BCUT2D eigenvalue weighted by molar-refractivity contribution is -0.130. The Morgan fingerprint density at radius 1 is 1.62 bits per heavy atom. The highest BCUT2D eigenvalue weighted by atomic mass is 16.5. The van der Waals surface area contributed by atoms with E-state index in [1.807, 2.05) is 18.9 Å². The van der Waals surface area contributed by atoms with Gasteiger partial charge in [-0.15, -0.1) is 0 Å². The van der Waals surface area contributed by atoms with E-state index < -0.39 is 0 Å². The molecule has 3 heteroatoms. The summed E-state index contributed by atoms with van der Waals surface area (Å²) in [5.74, 6) is 0.778. The van der Waals surface area contributed by atoms with Crippen molar-refractivity contribution in [3.05, 3.63) is 0 Å². The molecule has 1 aliphatic heterocycles. The maximum absolute atomic E-state index is 11.3. The van der Waals surface area contributed by atoms with Crippen LogP contribution in [-0.4, -0.2) is 37.6 Å². The van der Waals surface area contributed by atoms with Gasteiger partial charge in [0.1, 0.15) is 0 Å². The van der Waals surface area contributed by atoms with Crippen molar-refractivity contribution in [3.8, 4) is 0 Å². The predicted octanol–water partition coefficient (Wildman–Crippen LogP) is 1.28. The second-order valence-electron chi connectivity index (χ2n) is 3.71. The predicted molar refractivity (Wildman–Crippen MR) is 51.5 cm³/mol. The average molecular weight is 185 g/mol. The number of carbonyl (C=O) groups is 1. The molecule has 0 spiro atoms. The molecule has 0 bridgehead atoms. The molecular weight excluding hydrogens is 166 g/mol. The van der Waals surface area contributed by atoms with E-state index in [0.717, 1.165) is 26.2 Å². The summed E-state index contributed by atoms with van der Waals surface area (Å²) in [6, 6.07) is 0. The van der Waals surface area contributed by atoms with Gasteiger partial charge in [0.05, 0.1) is 6.61 Å². The van der Waals surface area contributed by atoms with Crippen LogP contribution in [0.1, 0.15) is 26.2 Å². The maximum Gasteiger partial charge on any atom is 0.222 e. The normalized spacial score (nSPS) is 22.8. The van der Waals surface area contributed by atoms with Crippen LogP contribution in [0, 0.1) is 5.92 Å². The van der Waals surface area contributed by atoms with E-state index in [0.29, 0.717) is 12.3 Å². The third kappa shape index (κ3) is 3.35. The molecule has 0 N–H and O–H groups in total. The van der Waals surface area contributed by atoms with Crippen LogP contribution < -0.4 is 0 Å². The summed E-state index contributed by atoms with van der Waals surface area (Å²) in [4.78, 5) is 13.1. The zero-order valence-electron chi connectivity index (χ0n) is 8.58.